The molecule has 4 nitrogen and oxygen atoms in total. The molecular formula is C4H4O4Rb2. The van der Waals surface area contributed by atoms with Gasteiger partial charge in [0.1, 0.15) is 0 Å². The van der Waals surface area contributed by atoms with E-state index in [4.69, 9.17) is 0 Å². The van der Waals surface area contributed by atoms with E-state index in [2.05, 4.69) is 0 Å². The Morgan fingerprint density at radius 3 is 1.30 bits per heavy atom. The fraction of sp³-hybridized carbons (Fsp3) is 0.500. The van der Waals surface area contributed by atoms with Crippen molar-refractivity contribution in [1.29, 1.82) is 0 Å². The Hall–Kier alpha value is 2.55. The second-order valence-electron chi connectivity index (χ2n) is 1.36. The van der Waals surface area contributed by atoms with Crippen molar-refractivity contribution in [3.8, 4) is 0 Å². The van der Waals surface area contributed by atoms with E-state index >= 15 is 0 Å². The predicted molar refractivity (Wildman–Crippen MR) is 19.2 cm³/mol. The summed E-state index contributed by atoms with van der Waals surface area (Å²) >= 11 is 0. The first-order chi connectivity index (χ1) is 3.55. The van der Waals surface area contributed by atoms with Gasteiger partial charge in [0.05, 0.1) is 0 Å². The molecule has 0 unspecified atom stereocenters. The molecule has 46 valence electrons. The zero-order chi connectivity index (χ0) is 6.73. The number of hydrogen-bond acceptors (Lipinski definition) is 4. The number of rotatable bonds is 2. The minimum atomic E-state index is -1.62. The molecular weight excluding hydrogens is 283 g/mol. The van der Waals surface area contributed by atoms with E-state index in [1.807, 2.05) is 0 Å². The molecule has 0 amide bonds. The van der Waals surface area contributed by atoms with Crippen LogP contribution in [0.3, 0.4) is 0 Å². The van der Waals surface area contributed by atoms with E-state index in [0.29, 0.717) is 0 Å². The molecule has 0 bridgehead atoms. The smallest absolute Gasteiger partial charge is 0.549 e. The van der Waals surface area contributed by atoms with Crippen molar-refractivity contribution in [1.82, 2.24) is 0 Å². The largest absolute Gasteiger partial charge is 1.00 e. The van der Waals surface area contributed by atoms with Gasteiger partial charge < -0.3 is 19.8 Å². The van der Waals surface area contributed by atoms with E-state index in [9.17, 15) is 19.8 Å². The molecule has 6 heteroatoms. The van der Waals surface area contributed by atoms with Gasteiger partial charge in [0.25, 0.3) is 0 Å². The Bertz CT molecular complexity index is 110. The van der Waals surface area contributed by atoms with Crippen LogP contribution in [0.2, 0.25) is 0 Å². The van der Waals surface area contributed by atoms with Crippen molar-refractivity contribution in [3.05, 3.63) is 0 Å². The van der Waals surface area contributed by atoms with Crippen LogP contribution >= 0.6 is 0 Å². The molecule has 0 aromatic carbocycles. The summed E-state index contributed by atoms with van der Waals surface area (Å²) in [6.07, 6.45) is 0. The van der Waals surface area contributed by atoms with Gasteiger partial charge in [-0.25, -0.2) is 0 Å². The van der Waals surface area contributed by atoms with Gasteiger partial charge in [0, 0.05) is 17.9 Å². The third kappa shape index (κ3) is 8.65. The van der Waals surface area contributed by atoms with Crippen molar-refractivity contribution in [2.75, 3.05) is 0 Å². The van der Waals surface area contributed by atoms with E-state index in [1.54, 1.807) is 0 Å². The molecule has 0 N–H and O–H groups in total. The summed E-state index contributed by atoms with van der Waals surface area (Å²) in [5.41, 5.74) is 0. The number of aliphatic carboxylic acids is 2. The number of carbonyl (C=O) groups excluding carboxylic acids is 2. The molecule has 0 aromatic heterocycles. The zero-order valence-electron chi connectivity index (χ0n) is 6.21. The van der Waals surface area contributed by atoms with E-state index < -0.39 is 17.9 Å². The van der Waals surface area contributed by atoms with Gasteiger partial charge >= 0.3 is 116 Å². The molecule has 0 fully saturated rings. The van der Waals surface area contributed by atoms with Crippen LogP contribution in [-0.4, -0.2) is 11.9 Å². The Morgan fingerprint density at radius 1 is 1.10 bits per heavy atom. The molecule has 0 aliphatic heterocycles. The minimum Gasteiger partial charge on any atom is -0.549 e. The molecule has 0 heterocycles. The first-order valence-electron chi connectivity index (χ1n) is 1.97. The van der Waals surface area contributed by atoms with Crippen LogP contribution in [0.1, 0.15) is 6.92 Å². The van der Waals surface area contributed by atoms with Crippen LogP contribution in [0.5, 0.6) is 0 Å². The SMILES string of the molecule is CC(C(=O)[O-])C(=O)[O-].[Rb+].[Rb+]. The first-order valence-corrected chi connectivity index (χ1v) is 1.97. The maximum Gasteiger partial charge on any atom is 1.00 e. The van der Waals surface area contributed by atoms with Gasteiger partial charge in [-0.15, -0.1) is 0 Å². The fourth-order valence-electron chi connectivity index (χ4n) is 0.0962. The molecule has 0 atom stereocenters. The number of hydrogen-bond donors (Lipinski definition) is 0. The van der Waals surface area contributed by atoms with Crippen LogP contribution < -0.4 is 127 Å². The van der Waals surface area contributed by atoms with Gasteiger partial charge in [-0.05, 0) is 0 Å². The maximum atomic E-state index is 9.61. The van der Waals surface area contributed by atoms with Crippen LogP contribution in [0.25, 0.3) is 0 Å². The van der Waals surface area contributed by atoms with Crippen LogP contribution in [0.15, 0.2) is 0 Å². The number of carbonyl (C=O) groups is 2. The summed E-state index contributed by atoms with van der Waals surface area (Å²) in [6.45, 7) is 0.991. The molecule has 0 aliphatic rings. The predicted octanol–water partition coefficient (Wildman–Crippen LogP) is -8.87. The Morgan fingerprint density at radius 2 is 1.30 bits per heavy atom. The van der Waals surface area contributed by atoms with Gasteiger partial charge in [0.2, 0.25) is 0 Å². The molecule has 0 aromatic rings. The molecule has 0 rings (SSSR count). The summed E-state index contributed by atoms with van der Waals surface area (Å²) in [6, 6.07) is 0. The van der Waals surface area contributed by atoms with Crippen molar-refractivity contribution in [3.63, 3.8) is 0 Å². The topological polar surface area (TPSA) is 80.3 Å². The van der Waals surface area contributed by atoms with E-state index in [-0.39, 0.29) is 116 Å². The van der Waals surface area contributed by atoms with Crippen LogP contribution in [-0.2, 0) is 9.59 Å². The number of carboxylic acid groups (broad SMARTS) is 2. The summed E-state index contributed by atoms with van der Waals surface area (Å²) < 4.78 is 0. The average Bonchev–Trinajstić information content (AvgIpc) is 1.64. The molecule has 0 spiro atoms. The maximum absolute atomic E-state index is 9.61. The second kappa shape index (κ2) is 9.64. The van der Waals surface area contributed by atoms with Gasteiger partial charge in [-0.2, -0.15) is 0 Å². The zero-order valence-corrected chi connectivity index (χ0v) is 16.0. The van der Waals surface area contributed by atoms with Gasteiger partial charge in [0.15, 0.2) is 0 Å². The summed E-state index contributed by atoms with van der Waals surface area (Å²) in [5.74, 6) is -4.76. The summed E-state index contributed by atoms with van der Waals surface area (Å²) in [7, 11) is 0. The molecule has 0 saturated carbocycles. The fourth-order valence-corrected chi connectivity index (χ4v) is 0.0962. The normalized spacial score (nSPS) is 7.40. The van der Waals surface area contributed by atoms with Crippen molar-refractivity contribution in [2.24, 2.45) is 5.92 Å². The Kier molecular flexibility index (Phi) is 17.7. The summed E-state index contributed by atoms with van der Waals surface area (Å²) in [4.78, 5) is 19.2. The van der Waals surface area contributed by atoms with Crippen molar-refractivity contribution in [2.45, 2.75) is 6.92 Å². The standard InChI is InChI=1S/C4H6O4.2Rb/c1-2(3(5)6)4(7)8;;/h2H,1H3,(H,5,6)(H,7,8);;/q;2*+1/p-2. The molecule has 0 radical (unpaired) electrons. The van der Waals surface area contributed by atoms with E-state index in [0.717, 1.165) is 6.92 Å². The second-order valence-corrected chi connectivity index (χ2v) is 1.36. The molecule has 10 heavy (non-hydrogen) atoms. The van der Waals surface area contributed by atoms with Gasteiger partial charge in [-0.1, -0.05) is 6.92 Å². The van der Waals surface area contributed by atoms with Crippen LogP contribution in [0.4, 0.5) is 0 Å². The third-order valence-electron chi connectivity index (χ3n) is 0.707. The first kappa shape index (κ1) is 18.4. The Labute approximate surface area is 156 Å². The number of carboxylic acids is 2. The Balaban J connectivity index is -0.000000245. The monoisotopic (exact) mass is 286 g/mol. The van der Waals surface area contributed by atoms with Crippen molar-refractivity contribution >= 4 is 11.9 Å². The van der Waals surface area contributed by atoms with Crippen molar-refractivity contribution < 1.29 is 136 Å². The van der Waals surface area contributed by atoms with Gasteiger partial charge in [-0.3, -0.25) is 0 Å². The van der Waals surface area contributed by atoms with Crippen LogP contribution in [0, 0.1) is 5.92 Å². The molecule has 0 aliphatic carbocycles. The minimum absolute atomic E-state index is 0. The third-order valence-corrected chi connectivity index (χ3v) is 0.707. The van der Waals surface area contributed by atoms with E-state index in [1.165, 1.54) is 0 Å². The summed E-state index contributed by atoms with van der Waals surface area (Å²) in [5, 5.41) is 19.2. The molecule has 0 saturated heterocycles. The average molecular weight is 287 g/mol. The quantitative estimate of drug-likeness (QED) is 0.472.